The van der Waals surface area contributed by atoms with Gasteiger partial charge in [-0.05, 0) is 36.1 Å². The Morgan fingerprint density at radius 1 is 0.625 bits per heavy atom. The molecule has 0 aliphatic carbocycles. The summed E-state index contributed by atoms with van der Waals surface area (Å²) in [6.07, 6.45) is -15.1. The molecule has 2 aliphatic rings. The van der Waals surface area contributed by atoms with Gasteiger partial charge in [-0.1, -0.05) is 12.1 Å². The lowest BCUT2D eigenvalue weighted by Crippen LogP contribution is -2.65. The lowest BCUT2D eigenvalue weighted by Gasteiger charge is -2.45. The van der Waals surface area contributed by atoms with Crippen molar-refractivity contribution in [2.45, 2.75) is 74.3 Å². The van der Waals surface area contributed by atoms with Gasteiger partial charge in [-0.2, -0.15) is 0 Å². The van der Waals surface area contributed by atoms with Crippen LogP contribution in [0.2, 0.25) is 0 Å². The van der Waals surface area contributed by atoms with Gasteiger partial charge < -0.3 is 70.0 Å². The van der Waals surface area contributed by atoms with Crippen molar-refractivity contribution in [3.8, 4) is 23.0 Å². The second kappa shape index (κ2) is 12.8. The number of ether oxygens (including phenoxy) is 4. The molecule has 2 aliphatic heterocycles. The predicted molar refractivity (Wildman–Crippen MR) is 132 cm³/mol. The normalized spacial score (nSPS) is 34.5. The molecular formula is C26H34O14. The third-order valence-corrected chi connectivity index (χ3v) is 7.00. The van der Waals surface area contributed by atoms with E-state index in [4.69, 9.17) is 18.9 Å². The number of aliphatic hydroxyl groups excluding tert-OH is 7. The molecule has 0 bridgehead atoms. The topological polar surface area (TPSA) is 239 Å². The van der Waals surface area contributed by atoms with E-state index in [0.29, 0.717) is 24.0 Å². The van der Waals surface area contributed by atoms with E-state index in [0.717, 1.165) is 0 Å². The summed E-state index contributed by atoms with van der Waals surface area (Å²) in [5.74, 6) is -0.231. The summed E-state index contributed by atoms with van der Waals surface area (Å²) in [5.41, 5.74) is 1.09. The number of aliphatic hydroxyl groups is 7. The fraction of sp³-hybridized carbons (Fsp3) is 0.538. The molecule has 0 spiro atoms. The van der Waals surface area contributed by atoms with Gasteiger partial charge in [0, 0.05) is 12.1 Å². The standard InChI is InChI=1S/C26H34O14/c27-9-17-19(32)20(33)22(35)26(38-17)40-24-18(10-28)39-25(23(36)21(24)34)37-14-6-4-12(16(31)8-14)2-1-11-3-5-13(29)7-15(11)30/h3-8,17-36H,1-2,9-10H2/t17-,18-,19-,20+,21-,22-,23-,24-,25-,26+/m1/s1. The summed E-state index contributed by atoms with van der Waals surface area (Å²) < 4.78 is 22.0. The maximum Gasteiger partial charge on any atom is 0.229 e. The quantitative estimate of drug-likeness (QED) is 0.151. The van der Waals surface area contributed by atoms with E-state index in [9.17, 15) is 51.1 Å². The highest BCUT2D eigenvalue weighted by molar-refractivity contribution is 5.42. The van der Waals surface area contributed by atoms with Crippen molar-refractivity contribution < 1.29 is 70.0 Å². The minimum absolute atomic E-state index is 0.0648. The van der Waals surface area contributed by atoms with Gasteiger partial charge in [0.15, 0.2) is 6.29 Å². The average molecular weight is 571 g/mol. The van der Waals surface area contributed by atoms with E-state index < -0.39 is 74.6 Å². The first kappa shape index (κ1) is 30.2. The molecule has 10 N–H and O–H groups in total. The minimum Gasteiger partial charge on any atom is -0.508 e. The molecule has 0 amide bonds. The molecule has 0 aromatic heterocycles. The Morgan fingerprint density at radius 2 is 1.20 bits per heavy atom. The van der Waals surface area contributed by atoms with Crippen LogP contribution in [0.15, 0.2) is 36.4 Å². The molecule has 14 heteroatoms. The van der Waals surface area contributed by atoms with Gasteiger partial charge in [-0.25, -0.2) is 0 Å². The van der Waals surface area contributed by atoms with Crippen LogP contribution in [-0.4, -0.2) is 126 Å². The van der Waals surface area contributed by atoms with Gasteiger partial charge >= 0.3 is 0 Å². The minimum atomic E-state index is -1.78. The number of hydrogen-bond acceptors (Lipinski definition) is 14. The molecule has 2 aromatic carbocycles. The van der Waals surface area contributed by atoms with E-state index in [1.807, 2.05) is 0 Å². The third-order valence-electron chi connectivity index (χ3n) is 7.00. The zero-order chi connectivity index (χ0) is 29.1. The van der Waals surface area contributed by atoms with Crippen LogP contribution in [0.4, 0.5) is 0 Å². The molecule has 10 atom stereocenters. The van der Waals surface area contributed by atoms with Crippen LogP contribution in [0.5, 0.6) is 23.0 Å². The van der Waals surface area contributed by atoms with Crippen LogP contribution in [0, 0.1) is 0 Å². The van der Waals surface area contributed by atoms with E-state index in [-0.39, 0.29) is 23.0 Å². The predicted octanol–water partition coefficient (Wildman–Crippen LogP) is -2.41. The Hall–Kier alpha value is -2.76. The van der Waals surface area contributed by atoms with Gasteiger partial charge in [0.05, 0.1) is 13.2 Å². The maximum atomic E-state index is 10.7. The Bertz CT molecular complexity index is 1130. The smallest absolute Gasteiger partial charge is 0.229 e. The van der Waals surface area contributed by atoms with Crippen LogP contribution in [0.1, 0.15) is 11.1 Å². The van der Waals surface area contributed by atoms with Crippen LogP contribution in [0.25, 0.3) is 0 Å². The number of rotatable bonds is 9. The first-order valence-corrected chi connectivity index (χ1v) is 12.6. The zero-order valence-electron chi connectivity index (χ0n) is 21.2. The molecule has 2 aromatic rings. The molecule has 0 saturated carbocycles. The van der Waals surface area contributed by atoms with E-state index in [1.165, 1.54) is 24.3 Å². The number of phenolic OH excluding ortho intramolecular Hbond substituents is 3. The molecule has 0 unspecified atom stereocenters. The monoisotopic (exact) mass is 570 g/mol. The molecule has 2 saturated heterocycles. The van der Waals surface area contributed by atoms with Gasteiger partial charge in [0.25, 0.3) is 0 Å². The van der Waals surface area contributed by atoms with E-state index in [1.54, 1.807) is 12.1 Å². The van der Waals surface area contributed by atoms with Crippen LogP contribution in [0.3, 0.4) is 0 Å². The van der Waals surface area contributed by atoms with Crippen molar-refractivity contribution >= 4 is 0 Å². The Balaban J connectivity index is 1.40. The summed E-state index contributed by atoms with van der Waals surface area (Å²) in [7, 11) is 0. The average Bonchev–Trinajstić information content (AvgIpc) is 2.93. The number of phenols is 3. The third kappa shape index (κ3) is 6.42. The number of hydrogen-bond donors (Lipinski definition) is 10. The number of benzene rings is 2. The van der Waals surface area contributed by atoms with Crippen molar-refractivity contribution in [2.24, 2.45) is 0 Å². The number of aromatic hydroxyl groups is 3. The Morgan fingerprint density at radius 3 is 1.80 bits per heavy atom. The van der Waals surface area contributed by atoms with Crippen LogP contribution < -0.4 is 4.74 Å². The first-order valence-electron chi connectivity index (χ1n) is 12.6. The summed E-state index contributed by atoms with van der Waals surface area (Å²) in [4.78, 5) is 0. The van der Waals surface area contributed by atoms with Gasteiger partial charge in [-0.15, -0.1) is 0 Å². The molecule has 40 heavy (non-hydrogen) atoms. The fourth-order valence-electron chi connectivity index (χ4n) is 4.65. The summed E-state index contributed by atoms with van der Waals surface area (Å²) >= 11 is 0. The Labute approximate surface area is 228 Å². The van der Waals surface area contributed by atoms with Crippen LogP contribution >= 0.6 is 0 Å². The van der Waals surface area contributed by atoms with Crippen molar-refractivity contribution in [2.75, 3.05) is 13.2 Å². The molecule has 4 rings (SSSR count). The van der Waals surface area contributed by atoms with E-state index >= 15 is 0 Å². The molecule has 0 radical (unpaired) electrons. The highest BCUT2D eigenvalue weighted by atomic mass is 16.7. The SMILES string of the molecule is OC[C@H]1O[C@@H](O[C@H]2[C@H](O)[C@@H](O)[C@H](Oc3ccc(CCc4ccc(O)cc4O)c(O)c3)O[C@@H]2CO)[C@H](O)[C@@H](O)[C@@H]1O. The highest BCUT2D eigenvalue weighted by Crippen LogP contribution is 2.32. The van der Waals surface area contributed by atoms with Crippen molar-refractivity contribution in [1.82, 2.24) is 0 Å². The highest BCUT2D eigenvalue weighted by Gasteiger charge is 2.51. The maximum absolute atomic E-state index is 10.7. The van der Waals surface area contributed by atoms with Crippen molar-refractivity contribution in [3.05, 3.63) is 47.5 Å². The first-order chi connectivity index (χ1) is 19.0. The molecule has 222 valence electrons. The van der Waals surface area contributed by atoms with Crippen LogP contribution in [-0.2, 0) is 27.1 Å². The lowest BCUT2D eigenvalue weighted by atomic mass is 9.97. The number of aryl methyl sites for hydroxylation is 2. The van der Waals surface area contributed by atoms with E-state index in [2.05, 4.69) is 0 Å². The van der Waals surface area contributed by atoms with Gasteiger partial charge in [-0.3, -0.25) is 0 Å². The Kier molecular flexibility index (Phi) is 9.68. The summed E-state index contributed by atoms with van der Waals surface area (Å²) in [6, 6.07) is 8.53. The largest absolute Gasteiger partial charge is 0.508 e. The summed E-state index contributed by atoms with van der Waals surface area (Å²) in [6.45, 7) is -1.43. The second-order valence-electron chi connectivity index (χ2n) is 9.73. The lowest BCUT2D eigenvalue weighted by molar-refractivity contribution is -0.352. The summed E-state index contributed by atoms with van der Waals surface area (Å²) in [5, 5.41) is 101. The van der Waals surface area contributed by atoms with Crippen molar-refractivity contribution in [1.29, 1.82) is 0 Å². The fourth-order valence-corrected chi connectivity index (χ4v) is 4.65. The zero-order valence-corrected chi connectivity index (χ0v) is 21.2. The van der Waals surface area contributed by atoms with Crippen molar-refractivity contribution in [3.63, 3.8) is 0 Å². The molecular weight excluding hydrogens is 536 g/mol. The molecule has 2 fully saturated rings. The van der Waals surface area contributed by atoms with Gasteiger partial charge in [0.1, 0.15) is 71.8 Å². The second-order valence-corrected chi connectivity index (χ2v) is 9.73. The molecule has 2 heterocycles. The molecule has 14 nitrogen and oxygen atoms in total. The van der Waals surface area contributed by atoms with Gasteiger partial charge in [0.2, 0.25) is 6.29 Å².